The van der Waals surface area contributed by atoms with Crippen LogP contribution in [0.5, 0.6) is 0 Å². The minimum absolute atomic E-state index is 0.137. The molecule has 0 spiro atoms. The molecule has 0 saturated carbocycles. The summed E-state index contributed by atoms with van der Waals surface area (Å²) in [5.74, 6) is -2.51. The largest absolute Gasteiger partial charge is 0.478 e. The Morgan fingerprint density at radius 3 is 1.68 bits per heavy atom. The molecule has 0 bridgehead atoms. The van der Waals surface area contributed by atoms with Gasteiger partial charge in [0.1, 0.15) is 0 Å². The fourth-order valence-electron chi connectivity index (χ4n) is 2.94. The van der Waals surface area contributed by atoms with Crippen LogP contribution in [0.1, 0.15) is 91.8 Å². The lowest BCUT2D eigenvalue weighted by atomic mass is 10.1. The van der Waals surface area contributed by atoms with Crippen molar-refractivity contribution in [3.8, 4) is 0 Å². The predicted molar refractivity (Wildman–Crippen MR) is 109 cm³/mol. The molecule has 0 aliphatic carbocycles. The number of unbranched alkanes of at least 4 members (excludes halogenated alkanes) is 9. The Balaban J connectivity index is 2.23. The molecule has 1 aromatic rings. The molecule has 1 aromatic carbocycles. The number of anilines is 1. The van der Waals surface area contributed by atoms with Gasteiger partial charge in [-0.2, -0.15) is 0 Å². The first-order valence-electron chi connectivity index (χ1n) is 10.1. The van der Waals surface area contributed by atoms with E-state index in [-0.39, 0.29) is 16.8 Å². The maximum absolute atomic E-state index is 11.9. The topological polar surface area (TPSA) is 116 Å². The van der Waals surface area contributed by atoms with Crippen LogP contribution in [0.15, 0.2) is 18.2 Å². The Morgan fingerprint density at radius 2 is 1.21 bits per heavy atom. The van der Waals surface area contributed by atoms with E-state index < -0.39 is 18.0 Å². The standard InChI is InChI=1S/C21H32N2O5/c1-2-3-4-5-6-7-8-9-10-11-12-22-21(28)23-18-14-16(19(24)25)13-17(15-18)20(26)27/h13-15H,2-12H2,1H3,(H,24,25)(H,26,27)(H2,22,23,28). The van der Waals surface area contributed by atoms with Crippen molar-refractivity contribution >= 4 is 23.7 Å². The summed E-state index contributed by atoms with van der Waals surface area (Å²) in [5.41, 5.74) is -0.243. The highest BCUT2D eigenvalue weighted by atomic mass is 16.4. The van der Waals surface area contributed by atoms with Crippen molar-refractivity contribution in [2.45, 2.75) is 71.1 Å². The molecule has 1 rings (SSSR count). The molecular weight excluding hydrogens is 360 g/mol. The first-order chi connectivity index (χ1) is 13.4. The molecule has 28 heavy (non-hydrogen) atoms. The van der Waals surface area contributed by atoms with Crippen molar-refractivity contribution in [1.29, 1.82) is 0 Å². The van der Waals surface area contributed by atoms with Crippen LogP contribution < -0.4 is 10.6 Å². The van der Waals surface area contributed by atoms with Crippen molar-refractivity contribution in [3.05, 3.63) is 29.3 Å². The lowest BCUT2D eigenvalue weighted by Crippen LogP contribution is -2.29. The zero-order valence-corrected chi connectivity index (χ0v) is 16.6. The number of carbonyl (C=O) groups excluding carboxylic acids is 1. The van der Waals surface area contributed by atoms with Crippen LogP contribution in [0, 0.1) is 0 Å². The number of hydrogen-bond acceptors (Lipinski definition) is 3. The van der Waals surface area contributed by atoms with Gasteiger partial charge in [-0.25, -0.2) is 14.4 Å². The minimum atomic E-state index is -1.25. The van der Waals surface area contributed by atoms with Gasteiger partial charge < -0.3 is 20.8 Å². The van der Waals surface area contributed by atoms with E-state index in [0.717, 1.165) is 25.3 Å². The summed E-state index contributed by atoms with van der Waals surface area (Å²) in [6.45, 7) is 2.74. The summed E-state index contributed by atoms with van der Waals surface area (Å²) in [6.07, 6.45) is 12.1. The molecular formula is C21H32N2O5. The molecule has 0 aliphatic heterocycles. The molecule has 0 heterocycles. The van der Waals surface area contributed by atoms with Crippen LogP contribution >= 0.6 is 0 Å². The first kappa shape index (κ1) is 23.5. The van der Waals surface area contributed by atoms with Gasteiger partial charge in [-0.1, -0.05) is 64.7 Å². The molecule has 4 N–H and O–H groups in total. The Labute approximate surface area is 166 Å². The average Bonchev–Trinajstić information content (AvgIpc) is 2.65. The van der Waals surface area contributed by atoms with Crippen LogP contribution in [0.3, 0.4) is 0 Å². The number of nitrogens with one attached hydrogen (secondary N) is 2. The zero-order valence-electron chi connectivity index (χ0n) is 16.6. The quantitative estimate of drug-likeness (QED) is 0.328. The van der Waals surface area contributed by atoms with Crippen molar-refractivity contribution in [3.63, 3.8) is 0 Å². The summed E-state index contributed by atoms with van der Waals surface area (Å²) in [4.78, 5) is 34.1. The summed E-state index contributed by atoms with van der Waals surface area (Å²) in [5, 5.41) is 23.3. The van der Waals surface area contributed by atoms with Gasteiger partial charge in [-0.05, 0) is 24.6 Å². The number of hydrogen-bond donors (Lipinski definition) is 4. The summed E-state index contributed by atoms with van der Waals surface area (Å²) in [7, 11) is 0. The SMILES string of the molecule is CCCCCCCCCCCCNC(=O)Nc1cc(C(=O)O)cc(C(=O)O)c1. The molecule has 0 aromatic heterocycles. The number of carbonyl (C=O) groups is 3. The fourth-order valence-corrected chi connectivity index (χ4v) is 2.94. The Kier molecular flexibility index (Phi) is 11.4. The van der Waals surface area contributed by atoms with E-state index in [4.69, 9.17) is 10.2 Å². The molecule has 0 fully saturated rings. The summed E-state index contributed by atoms with van der Waals surface area (Å²) < 4.78 is 0. The second-order valence-electron chi connectivity index (χ2n) is 6.97. The van der Waals surface area contributed by atoms with Crippen LogP contribution in [0.25, 0.3) is 0 Å². The Morgan fingerprint density at radius 1 is 0.750 bits per heavy atom. The van der Waals surface area contributed by atoms with Crippen LogP contribution in [0.4, 0.5) is 10.5 Å². The van der Waals surface area contributed by atoms with Crippen LogP contribution in [-0.4, -0.2) is 34.7 Å². The van der Waals surface area contributed by atoms with Gasteiger partial charge in [-0.15, -0.1) is 0 Å². The van der Waals surface area contributed by atoms with Crippen LogP contribution in [0.2, 0.25) is 0 Å². The van der Waals surface area contributed by atoms with Crippen molar-refractivity contribution in [1.82, 2.24) is 5.32 Å². The summed E-state index contributed by atoms with van der Waals surface area (Å²) >= 11 is 0. The monoisotopic (exact) mass is 392 g/mol. The number of carboxylic acids is 2. The third kappa shape index (κ3) is 9.94. The number of aromatic carboxylic acids is 2. The number of urea groups is 1. The van der Waals surface area contributed by atoms with Gasteiger partial charge in [0.25, 0.3) is 0 Å². The van der Waals surface area contributed by atoms with Gasteiger partial charge in [0.05, 0.1) is 11.1 Å². The van der Waals surface area contributed by atoms with Gasteiger partial charge in [0.15, 0.2) is 0 Å². The number of amides is 2. The van der Waals surface area contributed by atoms with E-state index in [0.29, 0.717) is 6.54 Å². The predicted octanol–water partition coefficient (Wildman–Crippen LogP) is 5.13. The molecule has 7 heteroatoms. The molecule has 0 saturated heterocycles. The van der Waals surface area contributed by atoms with Crippen molar-refractivity contribution in [2.75, 3.05) is 11.9 Å². The number of carboxylic acid groups (broad SMARTS) is 2. The highest BCUT2D eigenvalue weighted by molar-refractivity contribution is 5.98. The summed E-state index contributed by atoms with van der Waals surface area (Å²) in [6, 6.07) is 3.04. The van der Waals surface area contributed by atoms with Gasteiger partial charge in [0.2, 0.25) is 0 Å². The molecule has 0 atom stereocenters. The maximum Gasteiger partial charge on any atom is 0.335 e. The minimum Gasteiger partial charge on any atom is -0.478 e. The second-order valence-corrected chi connectivity index (χ2v) is 6.97. The lowest BCUT2D eigenvalue weighted by molar-refractivity contribution is 0.0696. The van der Waals surface area contributed by atoms with Gasteiger partial charge in [-0.3, -0.25) is 0 Å². The van der Waals surface area contributed by atoms with Gasteiger partial charge in [0, 0.05) is 12.2 Å². The lowest BCUT2D eigenvalue weighted by Gasteiger charge is -2.09. The highest BCUT2D eigenvalue weighted by Crippen LogP contribution is 2.15. The third-order valence-corrected chi connectivity index (χ3v) is 4.50. The van der Waals surface area contributed by atoms with E-state index in [1.165, 1.54) is 57.1 Å². The maximum atomic E-state index is 11.9. The van der Waals surface area contributed by atoms with E-state index in [2.05, 4.69) is 17.6 Å². The molecule has 0 unspecified atom stereocenters. The molecule has 0 aliphatic rings. The molecule has 0 radical (unpaired) electrons. The van der Waals surface area contributed by atoms with E-state index in [1.807, 2.05) is 0 Å². The van der Waals surface area contributed by atoms with E-state index >= 15 is 0 Å². The van der Waals surface area contributed by atoms with Gasteiger partial charge >= 0.3 is 18.0 Å². The molecule has 2 amide bonds. The smallest absolute Gasteiger partial charge is 0.335 e. The van der Waals surface area contributed by atoms with E-state index in [1.54, 1.807) is 0 Å². The molecule has 156 valence electrons. The number of rotatable bonds is 14. The number of benzene rings is 1. The van der Waals surface area contributed by atoms with Crippen molar-refractivity contribution < 1.29 is 24.6 Å². The first-order valence-corrected chi connectivity index (χ1v) is 10.1. The Bertz CT molecular complexity index is 613. The third-order valence-electron chi connectivity index (χ3n) is 4.50. The van der Waals surface area contributed by atoms with E-state index in [9.17, 15) is 14.4 Å². The van der Waals surface area contributed by atoms with Crippen LogP contribution in [-0.2, 0) is 0 Å². The van der Waals surface area contributed by atoms with Crippen molar-refractivity contribution in [2.24, 2.45) is 0 Å². The second kappa shape index (κ2) is 13.6. The molecule has 7 nitrogen and oxygen atoms in total. The fraction of sp³-hybridized carbons (Fsp3) is 0.571. The highest BCUT2D eigenvalue weighted by Gasteiger charge is 2.12. The Hall–Kier alpha value is -2.57. The average molecular weight is 392 g/mol. The normalized spacial score (nSPS) is 10.5. The zero-order chi connectivity index (χ0) is 20.8.